The maximum atomic E-state index is 12.5. The van der Waals surface area contributed by atoms with E-state index in [2.05, 4.69) is 5.32 Å². The quantitative estimate of drug-likeness (QED) is 0.413. The van der Waals surface area contributed by atoms with Gasteiger partial charge in [0.1, 0.15) is 5.75 Å². The van der Waals surface area contributed by atoms with Crippen LogP contribution in [-0.2, 0) is 4.74 Å². The fourth-order valence-corrected chi connectivity index (χ4v) is 2.54. The van der Waals surface area contributed by atoms with Gasteiger partial charge in [-0.1, -0.05) is 11.6 Å². The van der Waals surface area contributed by atoms with Crippen molar-refractivity contribution in [2.75, 3.05) is 11.9 Å². The number of nitrogens with one attached hydrogen (secondary N) is 1. The molecule has 0 aromatic heterocycles. The summed E-state index contributed by atoms with van der Waals surface area (Å²) < 4.78 is 10.4. The molecule has 0 aliphatic heterocycles. The summed E-state index contributed by atoms with van der Waals surface area (Å²) in [6.45, 7) is 5.43. The number of carbonyl (C=O) groups excluding carboxylic acids is 2. The van der Waals surface area contributed by atoms with Crippen molar-refractivity contribution >= 4 is 34.9 Å². The number of amides is 1. The summed E-state index contributed by atoms with van der Waals surface area (Å²) in [4.78, 5) is 34.9. The molecule has 1 N–H and O–H groups in total. The number of rotatable bonds is 7. The van der Waals surface area contributed by atoms with Gasteiger partial charge in [-0.15, -0.1) is 0 Å². The maximum absolute atomic E-state index is 12.5. The van der Waals surface area contributed by atoms with Gasteiger partial charge >= 0.3 is 5.97 Å². The second-order valence-electron chi connectivity index (χ2n) is 6.01. The van der Waals surface area contributed by atoms with Crippen molar-refractivity contribution in [1.82, 2.24) is 0 Å². The Hall–Kier alpha value is -3.13. The summed E-state index contributed by atoms with van der Waals surface area (Å²) in [5.41, 5.74) is -0.166. The molecule has 1 amide bonds. The van der Waals surface area contributed by atoms with Crippen LogP contribution >= 0.6 is 11.6 Å². The van der Waals surface area contributed by atoms with Gasteiger partial charge in [0.05, 0.1) is 28.2 Å². The minimum Gasteiger partial charge on any atom is -0.489 e. The van der Waals surface area contributed by atoms with E-state index >= 15 is 0 Å². The SMILES string of the molecule is CCOC(=O)c1cc(C(=O)Nc2ccc(OC(C)C)c(Cl)c2)cc([N+](=O)[O-])c1. The molecule has 0 atom stereocenters. The molecule has 0 unspecified atom stereocenters. The molecule has 9 heteroatoms. The average Bonchev–Trinajstić information content (AvgIpc) is 2.63. The van der Waals surface area contributed by atoms with Gasteiger partial charge < -0.3 is 14.8 Å². The first-order chi connectivity index (χ1) is 13.2. The van der Waals surface area contributed by atoms with Crippen LogP contribution in [0.2, 0.25) is 5.02 Å². The van der Waals surface area contributed by atoms with E-state index in [4.69, 9.17) is 21.1 Å². The number of ether oxygens (including phenoxy) is 2. The minimum atomic E-state index is -0.751. The van der Waals surface area contributed by atoms with Gasteiger partial charge in [-0.2, -0.15) is 0 Å². The lowest BCUT2D eigenvalue weighted by Gasteiger charge is -2.13. The normalized spacial score (nSPS) is 10.5. The lowest BCUT2D eigenvalue weighted by molar-refractivity contribution is -0.384. The van der Waals surface area contributed by atoms with Crippen LogP contribution in [0.1, 0.15) is 41.5 Å². The second kappa shape index (κ2) is 9.18. The number of hydrogen-bond acceptors (Lipinski definition) is 6. The van der Waals surface area contributed by atoms with Gasteiger partial charge in [-0.25, -0.2) is 4.79 Å². The van der Waals surface area contributed by atoms with Crippen molar-refractivity contribution in [2.24, 2.45) is 0 Å². The molecule has 0 aliphatic carbocycles. The molecule has 0 saturated carbocycles. The lowest BCUT2D eigenvalue weighted by Crippen LogP contribution is -2.14. The molecular formula is C19H19ClN2O6. The van der Waals surface area contributed by atoms with E-state index in [0.29, 0.717) is 16.5 Å². The van der Waals surface area contributed by atoms with Crippen molar-refractivity contribution in [1.29, 1.82) is 0 Å². The van der Waals surface area contributed by atoms with Crippen LogP contribution in [-0.4, -0.2) is 29.5 Å². The number of nitro groups is 1. The van der Waals surface area contributed by atoms with Crippen LogP contribution < -0.4 is 10.1 Å². The minimum absolute atomic E-state index is 0.0594. The highest BCUT2D eigenvalue weighted by Crippen LogP contribution is 2.29. The molecule has 8 nitrogen and oxygen atoms in total. The van der Waals surface area contributed by atoms with Crippen LogP contribution in [0, 0.1) is 10.1 Å². The predicted molar refractivity (Wildman–Crippen MR) is 104 cm³/mol. The summed E-state index contributed by atoms with van der Waals surface area (Å²) in [6.07, 6.45) is -0.0656. The van der Waals surface area contributed by atoms with Crippen LogP contribution in [0.15, 0.2) is 36.4 Å². The van der Waals surface area contributed by atoms with Crippen molar-refractivity contribution in [2.45, 2.75) is 26.9 Å². The number of hydrogen-bond donors (Lipinski definition) is 1. The Balaban J connectivity index is 2.29. The van der Waals surface area contributed by atoms with Gasteiger partial charge in [0, 0.05) is 23.4 Å². The molecule has 0 heterocycles. The molecular weight excluding hydrogens is 388 g/mol. The molecule has 0 fully saturated rings. The number of halogens is 1. The van der Waals surface area contributed by atoms with Crippen LogP contribution in [0.25, 0.3) is 0 Å². The molecule has 28 heavy (non-hydrogen) atoms. The summed E-state index contributed by atoms with van der Waals surface area (Å²) in [5.74, 6) is -0.920. The molecule has 2 aromatic rings. The Bertz CT molecular complexity index is 913. The average molecular weight is 407 g/mol. The zero-order valence-electron chi connectivity index (χ0n) is 15.5. The third-order valence-corrected chi connectivity index (χ3v) is 3.75. The monoisotopic (exact) mass is 406 g/mol. The number of nitrogens with zero attached hydrogens (tertiary/aromatic N) is 1. The molecule has 0 radical (unpaired) electrons. The van der Waals surface area contributed by atoms with E-state index in [9.17, 15) is 19.7 Å². The zero-order valence-corrected chi connectivity index (χ0v) is 16.3. The smallest absolute Gasteiger partial charge is 0.338 e. The van der Waals surface area contributed by atoms with Crippen molar-refractivity contribution in [3.8, 4) is 5.75 Å². The zero-order chi connectivity index (χ0) is 20.8. The van der Waals surface area contributed by atoms with Gasteiger partial charge in [0.2, 0.25) is 0 Å². The number of carbonyl (C=O) groups is 2. The fraction of sp³-hybridized carbons (Fsp3) is 0.263. The standard InChI is InChI=1S/C19H19ClN2O6/c1-4-27-19(24)13-7-12(8-15(9-13)22(25)26)18(23)21-14-5-6-17(16(20)10-14)28-11(2)3/h5-11H,4H2,1-3H3,(H,21,23). The van der Waals surface area contributed by atoms with E-state index < -0.39 is 22.5 Å². The van der Waals surface area contributed by atoms with Crippen LogP contribution in [0.4, 0.5) is 11.4 Å². The molecule has 0 aliphatic rings. The van der Waals surface area contributed by atoms with E-state index in [0.717, 1.165) is 12.1 Å². The van der Waals surface area contributed by atoms with Gasteiger partial charge in [0.25, 0.3) is 11.6 Å². The van der Waals surface area contributed by atoms with Gasteiger partial charge in [0.15, 0.2) is 0 Å². The van der Waals surface area contributed by atoms with Crippen LogP contribution in [0.3, 0.4) is 0 Å². The van der Waals surface area contributed by atoms with E-state index in [1.54, 1.807) is 19.1 Å². The number of nitro benzene ring substituents is 1. The molecule has 0 bridgehead atoms. The second-order valence-corrected chi connectivity index (χ2v) is 6.42. The fourth-order valence-electron chi connectivity index (χ4n) is 2.31. The Labute approximate surface area is 166 Å². The summed E-state index contributed by atoms with van der Waals surface area (Å²) in [5, 5.41) is 14.0. The Morgan fingerprint density at radius 1 is 1.18 bits per heavy atom. The number of non-ortho nitro benzene ring substituents is 1. The topological polar surface area (TPSA) is 108 Å². The maximum Gasteiger partial charge on any atom is 0.338 e. The molecule has 2 aromatic carbocycles. The third-order valence-electron chi connectivity index (χ3n) is 3.45. The third kappa shape index (κ3) is 5.43. The number of esters is 1. The predicted octanol–water partition coefficient (Wildman–Crippen LogP) is 4.46. The molecule has 0 spiro atoms. The van der Waals surface area contributed by atoms with E-state index in [-0.39, 0.29) is 23.8 Å². The summed E-state index contributed by atoms with van der Waals surface area (Å²) in [6, 6.07) is 8.07. The van der Waals surface area contributed by atoms with E-state index in [1.165, 1.54) is 12.1 Å². The first-order valence-electron chi connectivity index (χ1n) is 8.45. The van der Waals surface area contributed by atoms with Crippen molar-refractivity contribution in [3.05, 3.63) is 62.7 Å². The Morgan fingerprint density at radius 2 is 1.86 bits per heavy atom. The Morgan fingerprint density at radius 3 is 2.43 bits per heavy atom. The van der Waals surface area contributed by atoms with Gasteiger partial charge in [-0.3, -0.25) is 14.9 Å². The highest BCUT2D eigenvalue weighted by Gasteiger charge is 2.19. The molecule has 148 valence electrons. The molecule has 0 saturated heterocycles. The van der Waals surface area contributed by atoms with Crippen molar-refractivity contribution in [3.63, 3.8) is 0 Å². The first-order valence-corrected chi connectivity index (χ1v) is 8.83. The largest absolute Gasteiger partial charge is 0.489 e. The van der Waals surface area contributed by atoms with Gasteiger partial charge in [-0.05, 0) is 45.0 Å². The lowest BCUT2D eigenvalue weighted by atomic mass is 10.1. The van der Waals surface area contributed by atoms with E-state index in [1.807, 2.05) is 13.8 Å². The Kier molecular flexibility index (Phi) is 6.94. The number of benzene rings is 2. The molecule has 2 rings (SSSR count). The summed E-state index contributed by atoms with van der Waals surface area (Å²) in [7, 11) is 0. The highest BCUT2D eigenvalue weighted by molar-refractivity contribution is 6.32. The highest BCUT2D eigenvalue weighted by atomic mass is 35.5. The first kappa shape index (κ1) is 21.2. The number of anilines is 1. The van der Waals surface area contributed by atoms with Crippen LogP contribution in [0.5, 0.6) is 5.75 Å². The summed E-state index contributed by atoms with van der Waals surface area (Å²) >= 11 is 6.14. The van der Waals surface area contributed by atoms with Crippen molar-refractivity contribution < 1.29 is 24.0 Å².